The van der Waals surface area contributed by atoms with E-state index in [4.69, 9.17) is 5.73 Å². The lowest BCUT2D eigenvalue weighted by molar-refractivity contribution is 0.390. The second-order valence-corrected chi connectivity index (χ2v) is 4.11. The van der Waals surface area contributed by atoms with Gasteiger partial charge in [-0.15, -0.1) is 0 Å². The Hall–Kier alpha value is -1.29. The van der Waals surface area contributed by atoms with E-state index in [-0.39, 0.29) is 0 Å². The lowest BCUT2D eigenvalue weighted by Crippen LogP contribution is -2.23. The van der Waals surface area contributed by atoms with Crippen LogP contribution in [0.5, 0.6) is 0 Å². The predicted octanol–water partition coefficient (Wildman–Crippen LogP) is 1.42. The van der Waals surface area contributed by atoms with Crippen molar-refractivity contribution in [2.75, 3.05) is 31.7 Å². The van der Waals surface area contributed by atoms with E-state index in [2.05, 4.69) is 36.2 Å². The van der Waals surface area contributed by atoms with Crippen LogP contribution in [0.2, 0.25) is 0 Å². The molecule has 0 amide bonds. The molecule has 84 valence electrons. The van der Waals surface area contributed by atoms with E-state index in [1.165, 1.54) is 0 Å². The molecule has 0 radical (unpaired) electrons. The van der Waals surface area contributed by atoms with Gasteiger partial charge >= 0.3 is 0 Å². The smallest absolute Gasteiger partial charge is 0.128 e. The third kappa shape index (κ3) is 4.65. The highest BCUT2D eigenvalue weighted by Gasteiger charge is 2.03. The van der Waals surface area contributed by atoms with E-state index in [9.17, 15) is 0 Å². The maximum Gasteiger partial charge on any atom is 0.128 e. The van der Waals surface area contributed by atoms with E-state index >= 15 is 0 Å². The van der Waals surface area contributed by atoms with Crippen LogP contribution in [0, 0.1) is 0 Å². The lowest BCUT2D eigenvalue weighted by atomic mass is 10.2. The standard InChI is InChI=1S/C11H20N4/c1-9(5-7-15(2)3)14-11-8-10(12)4-6-13-11/h4,6,8-9H,5,7H2,1-3H3,(H3,12,13,14). The predicted molar refractivity (Wildman–Crippen MR) is 64.9 cm³/mol. The average molecular weight is 208 g/mol. The van der Waals surface area contributed by atoms with Crippen LogP contribution < -0.4 is 11.1 Å². The fraction of sp³-hybridized carbons (Fsp3) is 0.545. The molecule has 1 heterocycles. The molecule has 1 rings (SSSR count). The van der Waals surface area contributed by atoms with Crippen LogP contribution in [0.3, 0.4) is 0 Å². The van der Waals surface area contributed by atoms with Crippen LogP contribution >= 0.6 is 0 Å². The highest BCUT2D eigenvalue weighted by Crippen LogP contribution is 2.10. The zero-order valence-corrected chi connectivity index (χ0v) is 9.70. The molecule has 15 heavy (non-hydrogen) atoms. The summed E-state index contributed by atoms with van der Waals surface area (Å²) in [6.45, 7) is 3.21. The fourth-order valence-corrected chi connectivity index (χ4v) is 1.30. The quantitative estimate of drug-likeness (QED) is 0.768. The van der Waals surface area contributed by atoms with Crippen molar-refractivity contribution in [3.63, 3.8) is 0 Å². The van der Waals surface area contributed by atoms with Crippen LogP contribution in [-0.2, 0) is 0 Å². The summed E-state index contributed by atoms with van der Waals surface area (Å²) in [7, 11) is 4.15. The highest BCUT2D eigenvalue weighted by molar-refractivity contribution is 5.48. The van der Waals surface area contributed by atoms with Crippen LogP contribution in [0.25, 0.3) is 0 Å². The molecule has 0 aliphatic rings. The van der Waals surface area contributed by atoms with Gasteiger partial charge in [-0.05, 0) is 40.1 Å². The number of anilines is 2. The van der Waals surface area contributed by atoms with Crippen LogP contribution in [0.1, 0.15) is 13.3 Å². The lowest BCUT2D eigenvalue weighted by Gasteiger charge is -2.17. The highest BCUT2D eigenvalue weighted by atomic mass is 15.1. The molecule has 1 aromatic rings. The van der Waals surface area contributed by atoms with Crippen molar-refractivity contribution in [2.45, 2.75) is 19.4 Å². The van der Waals surface area contributed by atoms with Gasteiger partial charge in [0.2, 0.25) is 0 Å². The third-order valence-electron chi connectivity index (χ3n) is 2.19. The Morgan fingerprint density at radius 1 is 1.53 bits per heavy atom. The first-order chi connectivity index (χ1) is 7.08. The zero-order chi connectivity index (χ0) is 11.3. The fourth-order valence-electron chi connectivity index (χ4n) is 1.30. The zero-order valence-electron chi connectivity index (χ0n) is 9.70. The van der Waals surface area contributed by atoms with Crippen molar-refractivity contribution >= 4 is 11.5 Å². The molecule has 0 aliphatic carbocycles. The largest absolute Gasteiger partial charge is 0.399 e. The Bertz CT molecular complexity index is 298. The SMILES string of the molecule is CC(CCN(C)C)Nc1cc(N)ccn1. The summed E-state index contributed by atoms with van der Waals surface area (Å²) in [5, 5.41) is 3.32. The Labute approximate surface area is 91.5 Å². The minimum atomic E-state index is 0.404. The number of nitrogens with two attached hydrogens (primary N) is 1. The molecule has 0 aliphatic heterocycles. The van der Waals surface area contributed by atoms with Gasteiger partial charge in [0.25, 0.3) is 0 Å². The number of rotatable bonds is 5. The minimum Gasteiger partial charge on any atom is -0.399 e. The van der Waals surface area contributed by atoms with Crippen molar-refractivity contribution in [1.82, 2.24) is 9.88 Å². The molecular formula is C11H20N4. The maximum atomic E-state index is 5.67. The normalized spacial score (nSPS) is 12.8. The van der Waals surface area contributed by atoms with Crippen LogP contribution in [0.4, 0.5) is 11.5 Å². The Morgan fingerprint density at radius 2 is 2.27 bits per heavy atom. The Kier molecular flexibility index (Phi) is 4.37. The molecule has 1 unspecified atom stereocenters. The van der Waals surface area contributed by atoms with Gasteiger partial charge in [-0.2, -0.15) is 0 Å². The molecule has 0 fully saturated rings. The van der Waals surface area contributed by atoms with Gasteiger partial charge in [-0.1, -0.05) is 0 Å². The molecule has 0 aromatic carbocycles. The Morgan fingerprint density at radius 3 is 2.87 bits per heavy atom. The summed E-state index contributed by atoms with van der Waals surface area (Å²) in [6, 6.07) is 4.05. The molecule has 4 nitrogen and oxygen atoms in total. The third-order valence-corrected chi connectivity index (χ3v) is 2.19. The van der Waals surface area contributed by atoms with E-state index in [0.717, 1.165) is 24.5 Å². The van der Waals surface area contributed by atoms with E-state index in [0.29, 0.717) is 6.04 Å². The van der Waals surface area contributed by atoms with Crippen molar-refractivity contribution < 1.29 is 0 Å². The summed E-state index contributed by atoms with van der Waals surface area (Å²) in [5.41, 5.74) is 6.41. The summed E-state index contributed by atoms with van der Waals surface area (Å²) in [6.07, 6.45) is 2.81. The monoisotopic (exact) mass is 208 g/mol. The molecular weight excluding hydrogens is 188 g/mol. The number of aromatic nitrogens is 1. The second kappa shape index (κ2) is 5.56. The van der Waals surface area contributed by atoms with Crippen molar-refractivity contribution in [1.29, 1.82) is 0 Å². The minimum absolute atomic E-state index is 0.404. The van der Waals surface area contributed by atoms with Gasteiger partial charge in [-0.25, -0.2) is 4.98 Å². The topological polar surface area (TPSA) is 54.2 Å². The number of nitrogens with zero attached hydrogens (tertiary/aromatic N) is 2. The number of hydrogen-bond acceptors (Lipinski definition) is 4. The van der Waals surface area contributed by atoms with E-state index in [1.807, 2.05) is 6.07 Å². The van der Waals surface area contributed by atoms with Crippen molar-refractivity contribution in [3.8, 4) is 0 Å². The molecule has 0 saturated carbocycles. The van der Waals surface area contributed by atoms with Gasteiger partial charge in [-0.3, -0.25) is 0 Å². The van der Waals surface area contributed by atoms with Gasteiger partial charge < -0.3 is 16.0 Å². The number of hydrogen-bond donors (Lipinski definition) is 2. The summed E-state index contributed by atoms with van der Waals surface area (Å²) < 4.78 is 0. The summed E-state index contributed by atoms with van der Waals surface area (Å²) in [4.78, 5) is 6.37. The first kappa shape index (κ1) is 11.8. The maximum absolute atomic E-state index is 5.67. The molecule has 0 bridgehead atoms. The van der Waals surface area contributed by atoms with Crippen molar-refractivity contribution in [3.05, 3.63) is 18.3 Å². The molecule has 3 N–H and O–H groups in total. The van der Waals surface area contributed by atoms with Crippen molar-refractivity contribution in [2.24, 2.45) is 0 Å². The molecule has 1 aromatic heterocycles. The van der Waals surface area contributed by atoms with Gasteiger partial charge in [0.1, 0.15) is 5.82 Å². The van der Waals surface area contributed by atoms with Gasteiger partial charge in [0.15, 0.2) is 0 Å². The number of nitrogens with one attached hydrogen (secondary N) is 1. The van der Waals surface area contributed by atoms with Crippen LogP contribution in [-0.4, -0.2) is 36.6 Å². The number of nitrogen functional groups attached to an aromatic ring is 1. The second-order valence-electron chi connectivity index (χ2n) is 4.11. The van der Waals surface area contributed by atoms with E-state index in [1.54, 1.807) is 12.3 Å². The van der Waals surface area contributed by atoms with Crippen LogP contribution in [0.15, 0.2) is 18.3 Å². The van der Waals surface area contributed by atoms with Gasteiger partial charge in [0, 0.05) is 24.0 Å². The Balaban J connectivity index is 2.40. The molecule has 1 atom stereocenters. The average Bonchev–Trinajstić information content (AvgIpc) is 2.15. The summed E-state index contributed by atoms with van der Waals surface area (Å²) >= 11 is 0. The molecule has 0 saturated heterocycles. The number of pyridine rings is 1. The first-order valence-electron chi connectivity index (χ1n) is 5.20. The summed E-state index contributed by atoms with van der Waals surface area (Å²) in [5.74, 6) is 0.848. The first-order valence-corrected chi connectivity index (χ1v) is 5.20. The molecule has 4 heteroatoms. The van der Waals surface area contributed by atoms with E-state index < -0.39 is 0 Å². The van der Waals surface area contributed by atoms with Gasteiger partial charge in [0.05, 0.1) is 0 Å². The molecule has 0 spiro atoms.